The van der Waals surface area contributed by atoms with E-state index in [0.29, 0.717) is 30.2 Å². The maximum atomic E-state index is 12.6. The van der Waals surface area contributed by atoms with E-state index in [-0.39, 0.29) is 30.7 Å². The molecule has 1 aliphatic heterocycles. The molecule has 0 spiro atoms. The fourth-order valence-electron chi connectivity index (χ4n) is 3.96. The highest BCUT2D eigenvalue weighted by Gasteiger charge is 2.35. The molecule has 4 rings (SSSR count). The molecule has 3 aromatic rings. The van der Waals surface area contributed by atoms with Gasteiger partial charge in [0.05, 0.1) is 5.92 Å². The summed E-state index contributed by atoms with van der Waals surface area (Å²) in [6.07, 6.45) is 0.174. The van der Waals surface area contributed by atoms with Gasteiger partial charge >= 0.3 is 0 Å². The average molecular weight is 550 g/mol. The molecule has 2 N–H and O–H groups in total. The van der Waals surface area contributed by atoms with E-state index in [2.05, 4.69) is 26.6 Å². The number of aryl methyl sites for hydroxylation is 2. The van der Waals surface area contributed by atoms with Crippen LogP contribution >= 0.6 is 15.9 Å². The van der Waals surface area contributed by atoms with Crippen LogP contribution in [0.5, 0.6) is 5.75 Å². The molecular weight excluding hydrogens is 522 g/mol. The van der Waals surface area contributed by atoms with Crippen molar-refractivity contribution in [3.05, 3.63) is 87.9 Å². The van der Waals surface area contributed by atoms with Crippen LogP contribution in [0.25, 0.3) is 0 Å². The van der Waals surface area contributed by atoms with Crippen LogP contribution in [0.4, 0.5) is 11.4 Å². The molecule has 1 heterocycles. The van der Waals surface area contributed by atoms with Gasteiger partial charge < -0.3 is 20.3 Å². The summed E-state index contributed by atoms with van der Waals surface area (Å²) in [6.45, 7) is 4.59. The lowest BCUT2D eigenvalue weighted by Gasteiger charge is -2.17. The number of rotatable bonds is 8. The molecule has 3 aromatic carbocycles. The molecule has 1 aliphatic rings. The predicted octanol–water partition coefficient (Wildman–Crippen LogP) is 4.75. The SMILES string of the molecule is Cc1ccc(CNC(=O)[C@H]2CC(=O)N(c3ccc(OCC(=O)Nc4ccc(Br)c(C)c4)cc3)C2)cc1. The van der Waals surface area contributed by atoms with Crippen molar-refractivity contribution in [1.29, 1.82) is 0 Å². The second-order valence-corrected chi connectivity index (χ2v) is 9.76. The molecule has 7 nitrogen and oxygen atoms in total. The number of nitrogens with one attached hydrogen (secondary N) is 2. The maximum Gasteiger partial charge on any atom is 0.262 e. The number of ether oxygens (including phenoxy) is 1. The molecule has 8 heteroatoms. The number of nitrogens with zero attached hydrogens (tertiary/aromatic N) is 1. The van der Waals surface area contributed by atoms with E-state index in [1.54, 1.807) is 29.2 Å². The van der Waals surface area contributed by atoms with Gasteiger partial charge in [0.25, 0.3) is 5.91 Å². The Morgan fingerprint density at radius 3 is 2.44 bits per heavy atom. The average Bonchev–Trinajstić information content (AvgIpc) is 3.26. The van der Waals surface area contributed by atoms with Gasteiger partial charge in [0.15, 0.2) is 6.61 Å². The van der Waals surface area contributed by atoms with Crippen LogP contribution in [-0.4, -0.2) is 30.9 Å². The Hall–Kier alpha value is -3.65. The molecule has 0 radical (unpaired) electrons. The topological polar surface area (TPSA) is 87.7 Å². The van der Waals surface area contributed by atoms with Crippen molar-refractivity contribution in [2.24, 2.45) is 5.92 Å². The molecule has 1 saturated heterocycles. The number of amides is 3. The standard InChI is InChI=1S/C28H28BrN3O4/c1-18-3-5-20(6-4-18)15-30-28(35)21-14-27(34)32(16-21)23-8-10-24(11-9-23)36-17-26(33)31-22-7-12-25(29)19(2)13-22/h3-13,21H,14-17H2,1-2H3,(H,30,35)(H,31,33)/t21-/m0/s1. The van der Waals surface area contributed by atoms with Gasteiger partial charge in [-0.05, 0) is 67.4 Å². The van der Waals surface area contributed by atoms with Gasteiger partial charge in [-0.2, -0.15) is 0 Å². The summed E-state index contributed by atoms with van der Waals surface area (Å²) in [5, 5.41) is 5.74. The van der Waals surface area contributed by atoms with Gasteiger partial charge in [0, 0.05) is 35.4 Å². The number of hydrogen-bond donors (Lipinski definition) is 2. The number of anilines is 2. The van der Waals surface area contributed by atoms with E-state index >= 15 is 0 Å². The second-order valence-electron chi connectivity index (χ2n) is 8.90. The van der Waals surface area contributed by atoms with E-state index in [0.717, 1.165) is 21.2 Å². The van der Waals surface area contributed by atoms with Crippen LogP contribution in [0.15, 0.2) is 71.2 Å². The quantitative estimate of drug-likeness (QED) is 0.424. The Kier molecular flexibility index (Phi) is 8.05. The Balaban J connectivity index is 1.26. The minimum absolute atomic E-state index is 0.0941. The highest BCUT2D eigenvalue weighted by molar-refractivity contribution is 9.10. The van der Waals surface area contributed by atoms with E-state index < -0.39 is 5.92 Å². The molecule has 0 aliphatic carbocycles. The normalized spacial score (nSPS) is 15.0. The van der Waals surface area contributed by atoms with Crippen LogP contribution in [0, 0.1) is 19.8 Å². The van der Waals surface area contributed by atoms with Gasteiger partial charge in [-0.15, -0.1) is 0 Å². The molecule has 3 amide bonds. The van der Waals surface area contributed by atoms with Crippen molar-refractivity contribution >= 4 is 45.0 Å². The van der Waals surface area contributed by atoms with Gasteiger partial charge in [-0.25, -0.2) is 0 Å². The van der Waals surface area contributed by atoms with Crippen LogP contribution < -0.4 is 20.3 Å². The summed E-state index contributed by atoms with van der Waals surface area (Å²) in [4.78, 5) is 39.0. The Morgan fingerprint density at radius 2 is 1.75 bits per heavy atom. The molecule has 1 atom stereocenters. The van der Waals surface area contributed by atoms with Gasteiger partial charge in [-0.1, -0.05) is 45.8 Å². The molecule has 0 aromatic heterocycles. The first kappa shape index (κ1) is 25.4. The van der Waals surface area contributed by atoms with E-state index in [1.165, 1.54) is 0 Å². The Labute approximate surface area is 219 Å². The summed E-state index contributed by atoms with van der Waals surface area (Å²) >= 11 is 3.44. The maximum absolute atomic E-state index is 12.6. The fourth-order valence-corrected chi connectivity index (χ4v) is 4.21. The van der Waals surface area contributed by atoms with Crippen LogP contribution in [0.2, 0.25) is 0 Å². The first-order valence-corrected chi connectivity index (χ1v) is 12.5. The number of benzene rings is 3. The third-order valence-corrected chi connectivity index (χ3v) is 6.93. The monoisotopic (exact) mass is 549 g/mol. The molecule has 1 fully saturated rings. The number of hydrogen-bond acceptors (Lipinski definition) is 4. The first-order valence-electron chi connectivity index (χ1n) is 11.7. The smallest absolute Gasteiger partial charge is 0.262 e. The zero-order chi connectivity index (χ0) is 25.7. The zero-order valence-corrected chi connectivity index (χ0v) is 21.8. The zero-order valence-electron chi connectivity index (χ0n) is 20.2. The molecule has 0 saturated carbocycles. The molecule has 186 valence electrons. The van der Waals surface area contributed by atoms with Crippen molar-refractivity contribution in [3.63, 3.8) is 0 Å². The number of halogens is 1. The van der Waals surface area contributed by atoms with Crippen molar-refractivity contribution in [1.82, 2.24) is 5.32 Å². The van der Waals surface area contributed by atoms with Crippen molar-refractivity contribution < 1.29 is 19.1 Å². The first-order chi connectivity index (χ1) is 17.3. The van der Waals surface area contributed by atoms with E-state index in [1.807, 2.05) is 56.3 Å². The summed E-state index contributed by atoms with van der Waals surface area (Å²) in [6, 6.07) is 20.5. The van der Waals surface area contributed by atoms with E-state index in [4.69, 9.17) is 4.74 Å². The molecule has 0 unspecified atom stereocenters. The van der Waals surface area contributed by atoms with Gasteiger partial charge in [0.1, 0.15) is 5.75 Å². The Morgan fingerprint density at radius 1 is 1.03 bits per heavy atom. The van der Waals surface area contributed by atoms with Gasteiger partial charge in [0.2, 0.25) is 11.8 Å². The number of carbonyl (C=O) groups is 3. The Bertz CT molecular complexity index is 1260. The minimum Gasteiger partial charge on any atom is -0.484 e. The van der Waals surface area contributed by atoms with Crippen molar-refractivity contribution in [2.45, 2.75) is 26.8 Å². The summed E-state index contributed by atoms with van der Waals surface area (Å²) in [7, 11) is 0. The van der Waals surface area contributed by atoms with E-state index in [9.17, 15) is 14.4 Å². The lowest BCUT2D eigenvalue weighted by molar-refractivity contribution is -0.126. The molecular formula is C28H28BrN3O4. The van der Waals surface area contributed by atoms with Crippen molar-refractivity contribution in [3.8, 4) is 5.75 Å². The molecule has 0 bridgehead atoms. The largest absolute Gasteiger partial charge is 0.484 e. The fraction of sp³-hybridized carbons (Fsp3) is 0.250. The highest BCUT2D eigenvalue weighted by Crippen LogP contribution is 2.27. The molecule has 36 heavy (non-hydrogen) atoms. The predicted molar refractivity (Wildman–Crippen MR) is 143 cm³/mol. The van der Waals surface area contributed by atoms with Crippen LogP contribution in [0.3, 0.4) is 0 Å². The summed E-state index contributed by atoms with van der Waals surface area (Å²) < 4.78 is 6.56. The minimum atomic E-state index is -0.398. The van der Waals surface area contributed by atoms with Crippen LogP contribution in [0.1, 0.15) is 23.1 Å². The van der Waals surface area contributed by atoms with Crippen molar-refractivity contribution in [2.75, 3.05) is 23.4 Å². The summed E-state index contributed by atoms with van der Waals surface area (Å²) in [5.41, 5.74) is 4.59. The lowest BCUT2D eigenvalue weighted by Crippen LogP contribution is -2.32. The highest BCUT2D eigenvalue weighted by atomic mass is 79.9. The van der Waals surface area contributed by atoms with Crippen LogP contribution in [-0.2, 0) is 20.9 Å². The third kappa shape index (κ3) is 6.51. The van der Waals surface area contributed by atoms with Gasteiger partial charge in [-0.3, -0.25) is 14.4 Å². The lowest BCUT2D eigenvalue weighted by atomic mass is 10.1. The third-order valence-electron chi connectivity index (χ3n) is 6.04. The number of carbonyl (C=O) groups excluding carboxylic acids is 3. The second kappa shape index (κ2) is 11.4. The summed E-state index contributed by atoms with van der Waals surface area (Å²) in [5.74, 6) is -0.374.